The van der Waals surface area contributed by atoms with Crippen molar-refractivity contribution in [2.45, 2.75) is 13.0 Å². The van der Waals surface area contributed by atoms with E-state index in [1.54, 1.807) is 19.2 Å². The fourth-order valence-corrected chi connectivity index (χ4v) is 1.65. The third kappa shape index (κ3) is 2.16. The zero-order valence-corrected chi connectivity index (χ0v) is 9.81. The minimum absolute atomic E-state index is 0.128. The number of hydrogen-bond acceptors (Lipinski definition) is 4. The highest BCUT2D eigenvalue weighted by molar-refractivity contribution is 6.31. The monoisotopic (exact) mass is 258 g/mol. The van der Waals surface area contributed by atoms with Crippen LogP contribution >= 0.6 is 23.2 Å². The molecule has 0 aliphatic rings. The van der Waals surface area contributed by atoms with Crippen molar-refractivity contribution < 1.29 is 5.11 Å². The summed E-state index contributed by atoms with van der Waals surface area (Å²) in [5.74, 6) is 0.494. The molecule has 0 aliphatic heterocycles. The number of hydrogen-bond donors (Lipinski definition) is 1. The smallest absolute Gasteiger partial charge is 0.224 e. The number of aliphatic hydroxyl groups excluding tert-OH is 1. The first kappa shape index (κ1) is 11.3. The molecular formula is C9H8Cl2N4O. The van der Waals surface area contributed by atoms with E-state index in [2.05, 4.69) is 15.1 Å². The van der Waals surface area contributed by atoms with E-state index in [9.17, 15) is 5.11 Å². The van der Waals surface area contributed by atoms with E-state index in [1.165, 1.54) is 10.9 Å². The molecule has 16 heavy (non-hydrogen) atoms. The van der Waals surface area contributed by atoms with Gasteiger partial charge in [0.05, 0.1) is 17.3 Å². The first-order valence-electron chi connectivity index (χ1n) is 4.50. The van der Waals surface area contributed by atoms with Crippen LogP contribution in [0.5, 0.6) is 0 Å². The largest absolute Gasteiger partial charge is 0.387 e. The highest BCUT2D eigenvalue weighted by atomic mass is 35.5. The second-order valence-electron chi connectivity index (χ2n) is 3.17. The van der Waals surface area contributed by atoms with E-state index in [-0.39, 0.29) is 5.28 Å². The van der Waals surface area contributed by atoms with Gasteiger partial charge in [-0.3, -0.25) is 0 Å². The predicted octanol–water partition coefficient (Wildman–Crippen LogP) is 2.02. The topological polar surface area (TPSA) is 63.8 Å². The van der Waals surface area contributed by atoms with Crippen molar-refractivity contribution in [2.75, 3.05) is 0 Å². The van der Waals surface area contributed by atoms with E-state index in [0.717, 1.165) is 0 Å². The van der Waals surface area contributed by atoms with Crippen LogP contribution in [0.25, 0.3) is 5.82 Å². The number of nitrogens with zero attached hydrogens (tertiary/aromatic N) is 4. The van der Waals surface area contributed by atoms with Crippen molar-refractivity contribution in [3.63, 3.8) is 0 Å². The summed E-state index contributed by atoms with van der Waals surface area (Å²) in [7, 11) is 0. The Balaban J connectivity index is 2.45. The van der Waals surface area contributed by atoms with E-state index in [0.29, 0.717) is 16.5 Å². The van der Waals surface area contributed by atoms with Crippen LogP contribution in [-0.2, 0) is 0 Å². The summed E-state index contributed by atoms with van der Waals surface area (Å²) in [6.45, 7) is 1.59. The zero-order chi connectivity index (χ0) is 11.7. The molecule has 5 nitrogen and oxygen atoms in total. The number of rotatable bonds is 2. The van der Waals surface area contributed by atoms with Crippen LogP contribution in [0.2, 0.25) is 10.3 Å². The Morgan fingerprint density at radius 2 is 2.19 bits per heavy atom. The first-order valence-corrected chi connectivity index (χ1v) is 5.25. The maximum Gasteiger partial charge on any atom is 0.224 e. The van der Waals surface area contributed by atoms with E-state index >= 15 is 0 Å². The molecule has 0 amide bonds. The Morgan fingerprint density at radius 1 is 1.44 bits per heavy atom. The summed E-state index contributed by atoms with van der Waals surface area (Å²) < 4.78 is 1.44. The minimum atomic E-state index is -0.731. The SMILES string of the molecule is CC(O)c1nn(-c2ccnc(Cl)n2)cc1Cl. The molecule has 2 aromatic rings. The lowest BCUT2D eigenvalue weighted by molar-refractivity contribution is 0.194. The predicted molar refractivity (Wildman–Crippen MR) is 59.8 cm³/mol. The molecule has 7 heteroatoms. The molecule has 1 unspecified atom stereocenters. The van der Waals surface area contributed by atoms with Crippen molar-refractivity contribution >= 4 is 23.2 Å². The number of aliphatic hydroxyl groups is 1. The zero-order valence-electron chi connectivity index (χ0n) is 8.30. The molecule has 0 saturated carbocycles. The van der Waals surface area contributed by atoms with Gasteiger partial charge in [-0.25, -0.2) is 9.67 Å². The molecule has 0 aliphatic carbocycles. The van der Waals surface area contributed by atoms with E-state index in [4.69, 9.17) is 23.2 Å². The van der Waals surface area contributed by atoms with Crippen LogP contribution in [0.4, 0.5) is 0 Å². The fourth-order valence-electron chi connectivity index (χ4n) is 1.22. The van der Waals surface area contributed by atoms with Gasteiger partial charge < -0.3 is 5.11 Å². The minimum Gasteiger partial charge on any atom is -0.387 e. The second-order valence-corrected chi connectivity index (χ2v) is 3.91. The summed E-state index contributed by atoms with van der Waals surface area (Å²) in [6, 6.07) is 1.64. The van der Waals surface area contributed by atoms with Gasteiger partial charge in [-0.2, -0.15) is 10.1 Å². The molecule has 0 aromatic carbocycles. The lowest BCUT2D eigenvalue weighted by Gasteiger charge is -2.00. The third-order valence-corrected chi connectivity index (χ3v) is 2.41. The Bertz CT molecular complexity index is 512. The highest BCUT2D eigenvalue weighted by Gasteiger charge is 2.13. The van der Waals surface area contributed by atoms with E-state index in [1.807, 2.05) is 0 Å². The molecule has 84 valence electrons. The second kappa shape index (κ2) is 4.37. The number of halogens is 2. The first-order chi connectivity index (χ1) is 7.58. The van der Waals surface area contributed by atoms with Gasteiger partial charge in [-0.05, 0) is 18.5 Å². The lowest BCUT2D eigenvalue weighted by Crippen LogP contribution is -2.01. The molecule has 0 fully saturated rings. The van der Waals surface area contributed by atoms with Crippen LogP contribution in [0.3, 0.4) is 0 Å². The van der Waals surface area contributed by atoms with Gasteiger partial charge in [0.1, 0.15) is 5.69 Å². The third-order valence-electron chi connectivity index (χ3n) is 1.94. The lowest BCUT2D eigenvalue weighted by atomic mass is 10.3. The Labute approximate surface area is 102 Å². The summed E-state index contributed by atoms with van der Waals surface area (Å²) in [6.07, 6.45) is 2.34. The maximum atomic E-state index is 9.40. The molecule has 2 rings (SSSR count). The van der Waals surface area contributed by atoms with Crippen molar-refractivity contribution in [1.29, 1.82) is 0 Å². The van der Waals surface area contributed by atoms with Gasteiger partial charge >= 0.3 is 0 Å². The van der Waals surface area contributed by atoms with E-state index < -0.39 is 6.10 Å². The summed E-state index contributed by atoms with van der Waals surface area (Å²) in [4.78, 5) is 7.73. The van der Waals surface area contributed by atoms with Crippen molar-refractivity contribution in [1.82, 2.24) is 19.7 Å². The van der Waals surface area contributed by atoms with Crippen LogP contribution in [-0.4, -0.2) is 24.9 Å². The Morgan fingerprint density at radius 3 is 2.75 bits per heavy atom. The molecule has 2 aromatic heterocycles. The number of aromatic nitrogens is 4. The average molecular weight is 259 g/mol. The summed E-state index contributed by atoms with van der Waals surface area (Å²) in [5, 5.41) is 14.0. The normalized spacial score (nSPS) is 12.8. The average Bonchev–Trinajstić information content (AvgIpc) is 2.60. The van der Waals surface area contributed by atoms with Crippen molar-refractivity contribution in [2.24, 2.45) is 0 Å². The van der Waals surface area contributed by atoms with Crippen LogP contribution in [0, 0.1) is 0 Å². The molecule has 0 spiro atoms. The van der Waals surface area contributed by atoms with Crippen molar-refractivity contribution in [3.05, 3.63) is 34.5 Å². The standard InChI is InChI=1S/C9H8Cl2N4O/c1-5(16)8-6(10)4-15(14-8)7-2-3-12-9(11)13-7/h2-5,16H,1H3. The summed E-state index contributed by atoms with van der Waals surface area (Å²) >= 11 is 11.6. The molecule has 1 N–H and O–H groups in total. The van der Waals surface area contributed by atoms with Gasteiger partial charge in [0, 0.05) is 12.3 Å². The Kier molecular flexibility index (Phi) is 3.09. The van der Waals surface area contributed by atoms with Gasteiger partial charge in [-0.15, -0.1) is 0 Å². The Hall–Kier alpha value is -1.17. The molecular weight excluding hydrogens is 251 g/mol. The highest BCUT2D eigenvalue weighted by Crippen LogP contribution is 2.22. The van der Waals surface area contributed by atoms with Crippen LogP contribution < -0.4 is 0 Å². The van der Waals surface area contributed by atoms with Gasteiger partial charge in [0.2, 0.25) is 5.28 Å². The maximum absolute atomic E-state index is 9.40. The van der Waals surface area contributed by atoms with Crippen LogP contribution in [0.1, 0.15) is 18.7 Å². The quantitative estimate of drug-likeness (QED) is 0.838. The van der Waals surface area contributed by atoms with Gasteiger partial charge in [0.15, 0.2) is 5.82 Å². The van der Waals surface area contributed by atoms with Crippen LogP contribution in [0.15, 0.2) is 18.5 Å². The molecule has 0 bridgehead atoms. The fraction of sp³-hybridized carbons (Fsp3) is 0.222. The molecule has 0 saturated heterocycles. The molecule has 2 heterocycles. The van der Waals surface area contributed by atoms with Crippen molar-refractivity contribution in [3.8, 4) is 5.82 Å². The van der Waals surface area contributed by atoms with Gasteiger partial charge in [-0.1, -0.05) is 11.6 Å². The molecule has 0 radical (unpaired) electrons. The summed E-state index contributed by atoms with van der Waals surface area (Å²) in [5.41, 5.74) is 0.399. The molecule has 1 atom stereocenters. The van der Waals surface area contributed by atoms with Gasteiger partial charge in [0.25, 0.3) is 0 Å².